The molecule has 0 aromatic heterocycles. The van der Waals surface area contributed by atoms with Crippen molar-refractivity contribution in [2.24, 2.45) is 0 Å². The van der Waals surface area contributed by atoms with Crippen LogP contribution in [0.15, 0.2) is 18.2 Å². The van der Waals surface area contributed by atoms with Crippen molar-refractivity contribution in [2.45, 2.75) is 6.92 Å². The minimum Gasteiger partial charge on any atom is -0.481 e. The molecule has 1 amide bonds. The van der Waals surface area contributed by atoms with Gasteiger partial charge in [0, 0.05) is 7.05 Å². The number of carbonyl (C=O) groups is 1. The second-order valence-corrected chi connectivity index (χ2v) is 5.91. The molecule has 0 saturated heterocycles. The zero-order valence-electron chi connectivity index (χ0n) is 10.1. The van der Waals surface area contributed by atoms with Crippen molar-refractivity contribution in [1.82, 2.24) is 0 Å². The van der Waals surface area contributed by atoms with Gasteiger partial charge in [0.1, 0.15) is 11.4 Å². The third-order valence-electron chi connectivity index (χ3n) is 2.71. The highest BCUT2D eigenvalue weighted by atomic mass is 32.2. The average Bonchev–Trinajstić information content (AvgIpc) is 2.34. The van der Waals surface area contributed by atoms with Crippen molar-refractivity contribution in [3.8, 4) is 5.75 Å². The van der Waals surface area contributed by atoms with Gasteiger partial charge in [-0.3, -0.25) is 9.52 Å². The molecule has 0 spiro atoms. The minimum absolute atomic E-state index is 0.0326. The first kappa shape index (κ1) is 12.7. The van der Waals surface area contributed by atoms with Crippen LogP contribution in [0, 0.1) is 0 Å². The summed E-state index contributed by atoms with van der Waals surface area (Å²) in [5, 5.41) is 0. The fourth-order valence-electron chi connectivity index (χ4n) is 1.67. The van der Waals surface area contributed by atoms with Gasteiger partial charge in [0.2, 0.25) is 10.0 Å². The summed E-state index contributed by atoms with van der Waals surface area (Å²) in [6.07, 6.45) is 0. The standard InChI is InChI=1S/C11H14N2O4S/c1-3-18(15,16)12-8-5-4-6-9-11(8)13(2)10(14)7-17-9/h4-6,12H,3,7H2,1-2H3. The van der Waals surface area contributed by atoms with Crippen LogP contribution in [-0.4, -0.2) is 33.7 Å². The summed E-state index contributed by atoms with van der Waals surface area (Å²) < 4.78 is 30.9. The summed E-state index contributed by atoms with van der Waals surface area (Å²) in [5.74, 6) is 0.244. The van der Waals surface area contributed by atoms with E-state index in [1.54, 1.807) is 32.2 Å². The number of sulfonamides is 1. The van der Waals surface area contributed by atoms with Crippen molar-refractivity contribution < 1.29 is 17.9 Å². The number of ether oxygens (including phenoxy) is 1. The van der Waals surface area contributed by atoms with Crippen LogP contribution in [0.3, 0.4) is 0 Å². The van der Waals surface area contributed by atoms with E-state index in [4.69, 9.17) is 4.74 Å². The molecule has 1 heterocycles. The Kier molecular flexibility index (Phi) is 3.16. The van der Waals surface area contributed by atoms with E-state index in [0.29, 0.717) is 17.1 Å². The first-order valence-electron chi connectivity index (χ1n) is 5.47. The Morgan fingerprint density at radius 3 is 2.83 bits per heavy atom. The van der Waals surface area contributed by atoms with Crippen LogP contribution in [0.25, 0.3) is 0 Å². The molecule has 0 atom stereocenters. The molecule has 1 aliphatic rings. The maximum absolute atomic E-state index is 11.6. The first-order valence-corrected chi connectivity index (χ1v) is 7.12. The molecule has 0 bridgehead atoms. The lowest BCUT2D eigenvalue weighted by Gasteiger charge is -2.28. The van der Waals surface area contributed by atoms with E-state index in [9.17, 15) is 13.2 Å². The molecule has 1 aliphatic heterocycles. The van der Waals surface area contributed by atoms with E-state index in [-0.39, 0.29) is 18.3 Å². The molecule has 0 radical (unpaired) electrons. The Balaban J connectivity index is 2.47. The molecule has 1 aromatic carbocycles. The van der Waals surface area contributed by atoms with Crippen molar-refractivity contribution in [3.05, 3.63) is 18.2 Å². The number of benzene rings is 1. The maximum atomic E-state index is 11.6. The molecule has 0 unspecified atom stereocenters. The SMILES string of the molecule is CCS(=O)(=O)Nc1cccc2c1N(C)C(=O)CO2. The Morgan fingerprint density at radius 2 is 2.17 bits per heavy atom. The van der Waals surface area contributed by atoms with Crippen LogP contribution in [0.1, 0.15) is 6.92 Å². The van der Waals surface area contributed by atoms with E-state index in [1.165, 1.54) is 4.90 Å². The van der Waals surface area contributed by atoms with Gasteiger partial charge in [-0.25, -0.2) is 8.42 Å². The molecule has 1 aromatic rings. The molecular formula is C11H14N2O4S. The first-order chi connectivity index (χ1) is 8.44. The van der Waals surface area contributed by atoms with Crippen LogP contribution in [0.5, 0.6) is 5.75 Å². The Morgan fingerprint density at radius 1 is 1.44 bits per heavy atom. The Hall–Kier alpha value is -1.76. The Bertz CT molecular complexity index is 583. The van der Waals surface area contributed by atoms with E-state index in [1.807, 2.05) is 0 Å². The van der Waals surface area contributed by atoms with Crippen LogP contribution in [-0.2, 0) is 14.8 Å². The van der Waals surface area contributed by atoms with E-state index in [0.717, 1.165) is 0 Å². The second-order valence-electron chi connectivity index (χ2n) is 3.90. The minimum atomic E-state index is -3.39. The van der Waals surface area contributed by atoms with Crippen molar-refractivity contribution in [3.63, 3.8) is 0 Å². The van der Waals surface area contributed by atoms with Crippen molar-refractivity contribution in [2.75, 3.05) is 29.0 Å². The number of rotatable bonds is 3. The lowest BCUT2D eigenvalue weighted by Crippen LogP contribution is -2.36. The Labute approximate surface area is 106 Å². The number of hydrogen-bond donors (Lipinski definition) is 1. The number of likely N-dealkylation sites (N-methyl/N-ethyl adjacent to an activating group) is 1. The van der Waals surface area contributed by atoms with Crippen molar-refractivity contribution in [1.29, 1.82) is 0 Å². The average molecular weight is 270 g/mol. The highest BCUT2D eigenvalue weighted by Gasteiger charge is 2.26. The fraction of sp³-hybridized carbons (Fsp3) is 0.364. The normalized spacial score (nSPS) is 15.0. The smallest absolute Gasteiger partial charge is 0.264 e. The van der Waals surface area contributed by atoms with Crippen LogP contribution < -0.4 is 14.4 Å². The number of nitrogens with zero attached hydrogens (tertiary/aromatic N) is 1. The van der Waals surface area contributed by atoms with Crippen LogP contribution >= 0.6 is 0 Å². The molecule has 18 heavy (non-hydrogen) atoms. The molecule has 1 N–H and O–H groups in total. The number of para-hydroxylation sites is 1. The molecule has 0 saturated carbocycles. The van der Waals surface area contributed by atoms with Gasteiger partial charge >= 0.3 is 0 Å². The summed E-state index contributed by atoms with van der Waals surface area (Å²) in [6.45, 7) is 1.51. The van der Waals surface area contributed by atoms with Gasteiger partial charge in [0.15, 0.2) is 6.61 Å². The number of carbonyl (C=O) groups excluding carboxylic acids is 1. The molecule has 2 rings (SSSR count). The zero-order chi connectivity index (χ0) is 13.3. The van der Waals surface area contributed by atoms with Crippen LogP contribution in [0.2, 0.25) is 0 Å². The van der Waals surface area contributed by atoms with Gasteiger partial charge in [-0.15, -0.1) is 0 Å². The molecule has 0 fully saturated rings. The van der Waals surface area contributed by atoms with Gasteiger partial charge in [-0.2, -0.15) is 0 Å². The molecule has 6 nitrogen and oxygen atoms in total. The van der Waals surface area contributed by atoms with Gasteiger partial charge in [0.05, 0.1) is 11.4 Å². The molecule has 98 valence electrons. The van der Waals surface area contributed by atoms with E-state index in [2.05, 4.69) is 4.72 Å². The lowest BCUT2D eigenvalue weighted by molar-refractivity contribution is -0.120. The van der Waals surface area contributed by atoms with Gasteiger partial charge in [-0.1, -0.05) is 6.07 Å². The third-order valence-corrected chi connectivity index (χ3v) is 4.00. The predicted octanol–water partition coefficient (Wildman–Crippen LogP) is 0.803. The predicted molar refractivity (Wildman–Crippen MR) is 68.4 cm³/mol. The zero-order valence-corrected chi connectivity index (χ0v) is 11.0. The fourth-order valence-corrected chi connectivity index (χ4v) is 2.31. The highest BCUT2D eigenvalue weighted by molar-refractivity contribution is 7.92. The quantitative estimate of drug-likeness (QED) is 0.881. The summed E-state index contributed by atoms with van der Waals surface area (Å²) in [5.41, 5.74) is 0.802. The molecule has 7 heteroatoms. The number of anilines is 2. The van der Waals surface area contributed by atoms with Gasteiger partial charge < -0.3 is 9.64 Å². The summed E-state index contributed by atoms with van der Waals surface area (Å²) in [6, 6.07) is 4.97. The van der Waals surface area contributed by atoms with E-state index < -0.39 is 10.0 Å². The third kappa shape index (κ3) is 2.26. The number of nitrogens with one attached hydrogen (secondary N) is 1. The van der Waals surface area contributed by atoms with Crippen molar-refractivity contribution >= 4 is 27.3 Å². The topological polar surface area (TPSA) is 75.7 Å². The van der Waals surface area contributed by atoms with Gasteiger partial charge in [-0.05, 0) is 19.1 Å². The number of hydrogen-bond acceptors (Lipinski definition) is 4. The highest BCUT2D eigenvalue weighted by Crippen LogP contribution is 2.38. The van der Waals surface area contributed by atoms with Gasteiger partial charge in [0.25, 0.3) is 5.91 Å². The number of amides is 1. The number of fused-ring (bicyclic) bond motifs is 1. The second kappa shape index (κ2) is 4.49. The largest absolute Gasteiger partial charge is 0.481 e. The molecular weight excluding hydrogens is 256 g/mol. The lowest BCUT2D eigenvalue weighted by atomic mass is 10.2. The van der Waals surface area contributed by atoms with E-state index >= 15 is 0 Å². The monoisotopic (exact) mass is 270 g/mol. The summed E-state index contributed by atoms with van der Waals surface area (Å²) in [4.78, 5) is 13.0. The van der Waals surface area contributed by atoms with Crippen LogP contribution in [0.4, 0.5) is 11.4 Å². The summed E-state index contributed by atoms with van der Waals surface area (Å²) >= 11 is 0. The summed E-state index contributed by atoms with van der Waals surface area (Å²) in [7, 11) is -1.80. The molecule has 0 aliphatic carbocycles. The maximum Gasteiger partial charge on any atom is 0.264 e.